The van der Waals surface area contributed by atoms with Gasteiger partial charge < -0.3 is 4.74 Å². The molecule has 0 N–H and O–H groups in total. The number of carbonyl (C=O) groups is 1. The van der Waals surface area contributed by atoms with E-state index in [0.29, 0.717) is 13.0 Å². The van der Waals surface area contributed by atoms with Gasteiger partial charge in [-0.1, -0.05) is 188 Å². The van der Waals surface area contributed by atoms with E-state index >= 15 is 0 Å². The minimum absolute atomic E-state index is 0.0263. The number of hydrogen-bond donors (Lipinski definition) is 0. The van der Waals surface area contributed by atoms with Crippen molar-refractivity contribution in [2.24, 2.45) is 5.92 Å². The molecule has 2 heteroatoms. The van der Waals surface area contributed by atoms with Crippen LogP contribution in [0.1, 0.15) is 207 Å². The van der Waals surface area contributed by atoms with Crippen LogP contribution in [0.5, 0.6) is 0 Å². The Morgan fingerprint density at radius 3 is 1.24 bits per heavy atom. The largest absolute Gasteiger partial charge is 0.466 e. The molecule has 1 unspecified atom stereocenters. The van der Waals surface area contributed by atoms with Crippen molar-refractivity contribution < 1.29 is 9.53 Å². The maximum Gasteiger partial charge on any atom is 0.305 e. The zero-order chi connectivity index (χ0) is 27.1. The first-order chi connectivity index (χ1) is 18.2. The van der Waals surface area contributed by atoms with Crippen molar-refractivity contribution in [2.45, 2.75) is 207 Å². The maximum absolute atomic E-state index is 11.9. The Morgan fingerprint density at radius 1 is 0.486 bits per heavy atom. The Morgan fingerprint density at radius 2 is 0.838 bits per heavy atom. The monoisotopic (exact) mass is 523 g/mol. The molecule has 0 aliphatic rings. The van der Waals surface area contributed by atoms with E-state index in [1.807, 2.05) is 0 Å². The minimum Gasteiger partial charge on any atom is -0.466 e. The molecule has 0 aromatic heterocycles. The van der Waals surface area contributed by atoms with Gasteiger partial charge in [-0.3, -0.25) is 4.79 Å². The molecule has 0 amide bonds. The molecule has 0 fully saturated rings. The van der Waals surface area contributed by atoms with Crippen molar-refractivity contribution in [3.05, 3.63) is 0 Å². The molecule has 0 saturated carbocycles. The molecule has 0 aromatic carbocycles. The highest BCUT2D eigenvalue weighted by Crippen LogP contribution is 2.16. The van der Waals surface area contributed by atoms with E-state index in [1.54, 1.807) is 0 Å². The molecule has 0 rings (SSSR count). The molecule has 0 aliphatic carbocycles. The van der Waals surface area contributed by atoms with E-state index in [1.165, 1.54) is 167 Å². The lowest BCUT2D eigenvalue weighted by atomic mass is 9.99. The second kappa shape index (κ2) is 31.7. The standard InChI is InChI=1S/C35H70O2/c1-4-6-7-8-9-10-11-12-13-14-15-18-21-24-27-30-33-37-35(36)32-29-26-23-20-17-16-19-22-25-28-31-34(3)5-2/h34H,4-33H2,1-3H3. The molecule has 37 heavy (non-hydrogen) atoms. The first-order valence-corrected chi connectivity index (χ1v) is 17.4. The van der Waals surface area contributed by atoms with Crippen LogP contribution in [0.4, 0.5) is 0 Å². The third kappa shape index (κ3) is 31.6. The van der Waals surface area contributed by atoms with Crippen LogP contribution in [-0.4, -0.2) is 12.6 Å². The van der Waals surface area contributed by atoms with Gasteiger partial charge in [-0.15, -0.1) is 0 Å². The van der Waals surface area contributed by atoms with Crippen molar-refractivity contribution >= 4 is 5.97 Å². The molecule has 0 aromatic rings. The summed E-state index contributed by atoms with van der Waals surface area (Å²) in [6.07, 6.45) is 38.6. The highest BCUT2D eigenvalue weighted by atomic mass is 16.5. The summed E-state index contributed by atoms with van der Waals surface area (Å²) in [7, 11) is 0. The summed E-state index contributed by atoms with van der Waals surface area (Å²) >= 11 is 0. The van der Waals surface area contributed by atoms with E-state index in [0.717, 1.165) is 18.8 Å². The number of ether oxygens (including phenoxy) is 1. The fourth-order valence-corrected chi connectivity index (χ4v) is 5.29. The van der Waals surface area contributed by atoms with Gasteiger partial charge in [0, 0.05) is 6.42 Å². The summed E-state index contributed by atoms with van der Waals surface area (Å²) in [5.74, 6) is 0.939. The van der Waals surface area contributed by atoms with E-state index < -0.39 is 0 Å². The predicted octanol–water partition coefficient (Wildman–Crippen LogP) is 12.5. The van der Waals surface area contributed by atoms with Crippen molar-refractivity contribution in [2.75, 3.05) is 6.61 Å². The number of unbranched alkanes of at least 4 members (excludes halogenated alkanes) is 24. The van der Waals surface area contributed by atoms with Gasteiger partial charge in [0.2, 0.25) is 0 Å². The second-order valence-corrected chi connectivity index (χ2v) is 12.1. The minimum atomic E-state index is 0.0263. The fourth-order valence-electron chi connectivity index (χ4n) is 5.29. The highest BCUT2D eigenvalue weighted by Gasteiger charge is 2.03. The Balaban J connectivity index is 3.16. The fraction of sp³-hybridized carbons (Fsp3) is 0.971. The number of rotatable bonds is 31. The molecule has 0 saturated heterocycles. The molecule has 0 heterocycles. The van der Waals surface area contributed by atoms with Gasteiger partial charge in [-0.05, 0) is 18.8 Å². The summed E-state index contributed by atoms with van der Waals surface area (Å²) in [5.41, 5.74) is 0. The average molecular weight is 523 g/mol. The quantitative estimate of drug-likeness (QED) is 0.0668. The molecule has 2 nitrogen and oxygen atoms in total. The Bertz CT molecular complexity index is 433. The molecular weight excluding hydrogens is 452 g/mol. The summed E-state index contributed by atoms with van der Waals surface area (Å²) in [4.78, 5) is 11.9. The summed E-state index contributed by atoms with van der Waals surface area (Å²) in [6, 6.07) is 0. The average Bonchev–Trinajstić information content (AvgIpc) is 2.90. The van der Waals surface area contributed by atoms with E-state index in [9.17, 15) is 4.79 Å². The third-order valence-electron chi connectivity index (χ3n) is 8.29. The Hall–Kier alpha value is -0.530. The van der Waals surface area contributed by atoms with E-state index in [-0.39, 0.29) is 5.97 Å². The number of hydrogen-bond acceptors (Lipinski definition) is 2. The van der Waals surface area contributed by atoms with Crippen molar-refractivity contribution in [3.8, 4) is 0 Å². The van der Waals surface area contributed by atoms with Gasteiger partial charge in [0.25, 0.3) is 0 Å². The maximum atomic E-state index is 11.9. The molecule has 0 radical (unpaired) electrons. The first kappa shape index (κ1) is 36.5. The van der Waals surface area contributed by atoms with E-state index in [4.69, 9.17) is 4.74 Å². The SMILES string of the molecule is CCCCCCCCCCCCCCCCCCOC(=O)CCCCCCCCCCCCC(C)CC. The van der Waals surface area contributed by atoms with Crippen molar-refractivity contribution in [1.29, 1.82) is 0 Å². The van der Waals surface area contributed by atoms with Crippen LogP contribution in [0.25, 0.3) is 0 Å². The van der Waals surface area contributed by atoms with Crippen LogP contribution in [0, 0.1) is 5.92 Å². The smallest absolute Gasteiger partial charge is 0.305 e. The Kier molecular flexibility index (Phi) is 31.2. The highest BCUT2D eigenvalue weighted by molar-refractivity contribution is 5.69. The van der Waals surface area contributed by atoms with Gasteiger partial charge >= 0.3 is 5.97 Å². The van der Waals surface area contributed by atoms with Crippen LogP contribution in [-0.2, 0) is 9.53 Å². The van der Waals surface area contributed by atoms with Crippen LogP contribution < -0.4 is 0 Å². The zero-order valence-corrected chi connectivity index (χ0v) is 26.1. The summed E-state index contributed by atoms with van der Waals surface area (Å²) in [6.45, 7) is 7.60. The topological polar surface area (TPSA) is 26.3 Å². The third-order valence-corrected chi connectivity index (χ3v) is 8.29. The van der Waals surface area contributed by atoms with Crippen LogP contribution in [0.15, 0.2) is 0 Å². The van der Waals surface area contributed by atoms with Gasteiger partial charge in [0.05, 0.1) is 6.61 Å². The molecule has 0 spiro atoms. The van der Waals surface area contributed by atoms with Gasteiger partial charge in [0.1, 0.15) is 0 Å². The molecule has 0 aliphatic heterocycles. The normalized spacial score (nSPS) is 12.2. The summed E-state index contributed by atoms with van der Waals surface area (Å²) in [5, 5.41) is 0. The summed E-state index contributed by atoms with van der Waals surface area (Å²) < 4.78 is 5.44. The lowest BCUT2D eigenvalue weighted by Crippen LogP contribution is -2.05. The van der Waals surface area contributed by atoms with Crippen LogP contribution >= 0.6 is 0 Å². The van der Waals surface area contributed by atoms with Crippen molar-refractivity contribution in [3.63, 3.8) is 0 Å². The molecule has 1 atom stereocenters. The lowest BCUT2D eigenvalue weighted by molar-refractivity contribution is -0.143. The van der Waals surface area contributed by atoms with Gasteiger partial charge in [-0.2, -0.15) is 0 Å². The van der Waals surface area contributed by atoms with Crippen LogP contribution in [0.2, 0.25) is 0 Å². The molecule has 222 valence electrons. The zero-order valence-electron chi connectivity index (χ0n) is 26.1. The van der Waals surface area contributed by atoms with Gasteiger partial charge in [0.15, 0.2) is 0 Å². The van der Waals surface area contributed by atoms with Gasteiger partial charge in [-0.25, -0.2) is 0 Å². The first-order valence-electron chi connectivity index (χ1n) is 17.4. The lowest BCUT2D eigenvalue weighted by Gasteiger charge is -2.07. The number of esters is 1. The number of carbonyl (C=O) groups excluding carboxylic acids is 1. The molecule has 0 bridgehead atoms. The van der Waals surface area contributed by atoms with Crippen LogP contribution in [0.3, 0.4) is 0 Å². The molecular formula is C35H70O2. The van der Waals surface area contributed by atoms with Crippen molar-refractivity contribution in [1.82, 2.24) is 0 Å². The van der Waals surface area contributed by atoms with E-state index in [2.05, 4.69) is 20.8 Å². The predicted molar refractivity (Wildman–Crippen MR) is 165 cm³/mol. The Labute approximate surface area is 234 Å². The second-order valence-electron chi connectivity index (χ2n) is 12.1.